The molecule has 0 saturated heterocycles. The van der Waals surface area contributed by atoms with Crippen LogP contribution in [0.25, 0.3) is 11.0 Å². The largest absolute Gasteiger partial charge is 0.453 e. The molecule has 0 aliphatic rings. The van der Waals surface area contributed by atoms with Crippen molar-refractivity contribution in [3.63, 3.8) is 0 Å². The van der Waals surface area contributed by atoms with Gasteiger partial charge in [0.05, 0.1) is 0 Å². The van der Waals surface area contributed by atoms with Crippen molar-refractivity contribution in [1.82, 2.24) is 0 Å². The molecule has 0 spiro atoms. The number of nitrogens with two attached hydrogens (primary N) is 1. The molecule has 1 atom stereocenters. The molecule has 1 unspecified atom stereocenters. The number of Topliss-reactive ketones (excluding diaryl/α,β-unsaturated/α-hetero) is 1. The van der Waals surface area contributed by atoms with Crippen LogP contribution in [0.1, 0.15) is 30.3 Å². The van der Waals surface area contributed by atoms with Crippen molar-refractivity contribution in [2.45, 2.75) is 19.8 Å². The lowest BCUT2D eigenvalue weighted by molar-refractivity contribution is 0.0897. The summed E-state index contributed by atoms with van der Waals surface area (Å²) in [7, 11) is 0. The summed E-state index contributed by atoms with van der Waals surface area (Å²) in [5, 5.41) is 1.50. The summed E-state index contributed by atoms with van der Waals surface area (Å²) in [5.41, 5.74) is 6.13. The number of furan rings is 1. The summed E-state index contributed by atoms with van der Waals surface area (Å²) in [6.07, 6.45) is 1.63. The van der Waals surface area contributed by atoms with Crippen LogP contribution >= 0.6 is 11.6 Å². The normalized spacial score (nSPS) is 12.8. The highest BCUT2D eigenvalue weighted by Gasteiger charge is 2.18. The van der Waals surface area contributed by atoms with Crippen molar-refractivity contribution in [3.05, 3.63) is 35.0 Å². The first-order valence-corrected chi connectivity index (χ1v) is 6.43. The average Bonchev–Trinajstić information content (AvgIpc) is 2.77. The molecule has 2 aromatic rings. The highest BCUT2D eigenvalue weighted by atomic mass is 35.5. The molecule has 1 aromatic heterocycles. The van der Waals surface area contributed by atoms with E-state index in [0.29, 0.717) is 22.9 Å². The fourth-order valence-electron chi connectivity index (χ4n) is 1.93. The fraction of sp³-hybridized carbons (Fsp3) is 0.357. The molecule has 3 nitrogen and oxygen atoms in total. The van der Waals surface area contributed by atoms with Crippen molar-refractivity contribution in [2.75, 3.05) is 6.54 Å². The van der Waals surface area contributed by atoms with Crippen LogP contribution in [-0.2, 0) is 0 Å². The van der Waals surface area contributed by atoms with Crippen LogP contribution in [0.5, 0.6) is 0 Å². The third kappa shape index (κ3) is 2.74. The monoisotopic (exact) mass is 265 g/mol. The molecule has 1 aromatic carbocycles. The molecule has 0 aliphatic carbocycles. The second-order valence-corrected chi connectivity index (χ2v) is 4.93. The average molecular weight is 266 g/mol. The van der Waals surface area contributed by atoms with E-state index in [-0.39, 0.29) is 11.7 Å². The number of halogens is 1. The van der Waals surface area contributed by atoms with Gasteiger partial charge in [-0.05, 0) is 43.7 Å². The predicted octanol–water partition coefficient (Wildman–Crippen LogP) is 3.64. The van der Waals surface area contributed by atoms with Gasteiger partial charge >= 0.3 is 0 Å². The highest BCUT2D eigenvalue weighted by molar-refractivity contribution is 6.31. The molecule has 0 saturated carbocycles. The Kier molecular flexibility index (Phi) is 4.04. The number of rotatable bonds is 5. The van der Waals surface area contributed by atoms with Crippen molar-refractivity contribution < 1.29 is 9.21 Å². The Morgan fingerprint density at radius 2 is 2.22 bits per heavy atom. The van der Waals surface area contributed by atoms with E-state index in [0.717, 1.165) is 18.2 Å². The zero-order chi connectivity index (χ0) is 13.1. The lowest BCUT2D eigenvalue weighted by Gasteiger charge is -2.06. The quantitative estimate of drug-likeness (QED) is 0.840. The molecule has 0 amide bonds. The molecule has 0 radical (unpaired) electrons. The first-order chi connectivity index (χ1) is 8.61. The molecule has 1 heterocycles. The summed E-state index contributed by atoms with van der Waals surface area (Å²) in [4.78, 5) is 12.1. The first kappa shape index (κ1) is 13.1. The summed E-state index contributed by atoms with van der Waals surface area (Å²) in [6, 6.07) is 7.07. The summed E-state index contributed by atoms with van der Waals surface area (Å²) in [6.45, 7) is 2.51. The number of benzene rings is 1. The topological polar surface area (TPSA) is 56.2 Å². The predicted molar refractivity (Wildman–Crippen MR) is 73.0 cm³/mol. The van der Waals surface area contributed by atoms with Crippen molar-refractivity contribution in [3.8, 4) is 0 Å². The minimum absolute atomic E-state index is 0.0239. The number of carbonyl (C=O) groups excluding carboxylic acids is 1. The fourth-order valence-corrected chi connectivity index (χ4v) is 2.11. The minimum Gasteiger partial charge on any atom is -0.453 e. The van der Waals surface area contributed by atoms with Gasteiger partial charge in [0.25, 0.3) is 0 Å². The molecule has 2 rings (SSSR count). The maximum absolute atomic E-state index is 12.1. The molecule has 0 bridgehead atoms. The molecule has 18 heavy (non-hydrogen) atoms. The molecule has 96 valence electrons. The van der Waals surface area contributed by atoms with Crippen LogP contribution in [0.2, 0.25) is 5.02 Å². The summed E-state index contributed by atoms with van der Waals surface area (Å²) < 4.78 is 5.55. The van der Waals surface area contributed by atoms with Gasteiger partial charge in [-0.3, -0.25) is 4.79 Å². The van der Waals surface area contributed by atoms with Crippen molar-refractivity contribution in [2.24, 2.45) is 11.7 Å². The Labute approximate surface area is 111 Å². The smallest absolute Gasteiger partial charge is 0.200 e. The van der Waals surface area contributed by atoms with Crippen molar-refractivity contribution in [1.29, 1.82) is 0 Å². The van der Waals surface area contributed by atoms with E-state index in [1.54, 1.807) is 24.3 Å². The third-order valence-corrected chi connectivity index (χ3v) is 3.25. The van der Waals surface area contributed by atoms with Gasteiger partial charge < -0.3 is 10.2 Å². The van der Waals surface area contributed by atoms with Gasteiger partial charge in [0.15, 0.2) is 5.76 Å². The van der Waals surface area contributed by atoms with Crippen LogP contribution < -0.4 is 5.73 Å². The second-order valence-electron chi connectivity index (χ2n) is 4.49. The van der Waals surface area contributed by atoms with Crippen LogP contribution in [0.15, 0.2) is 28.7 Å². The van der Waals surface area contributed by atoms with E-state index in [1.807, 2.05) is 6.92 Å². The number of hydrogen-bond donors (Lipinski definition) is 1. The lowest BCUT2D eigenvalue weighted by atomic mass is 9.99. The van der Waals surface area contributed by atoms with Gasteiger partial charge in [0.2, 0.25) is 5.78 Å². The van der Waals surface area contributed by atoms with Crippen LogP contribution in [0.3, 0.4) is 0 Å². The SMILES string of the molecule is CC(CCCN)C(=O)c1cc2cc(Cl)ccc2o1. The zero-order valence-corrected chi connectivity index (χ0v) is 11.0. The van der Waals surface area contributed by atoms with Gasteiger partial charge in [0.1, 0.15) is 5.58 Å². The summed E-state index contributed by atoms with van der Waals surface area (Å²) in [5.74, 6) is 0.358. The molecular weight excluding hydrogens is 250 g/mol. The van der Waals surface area contributed by atoms with E-state index in [2.05, 4.69) is 0 Å². The Bertz CT molecular complexity index is 562. The maximum Gasteiger partial charge on any atom is 0.200 e. The number of ketones is 1. The Balaban J connectivity index is 2.22. The number of hydrogen-bond acceptors (Lipinski definition) is 3. The molecular formula is C14H16ClNO2. The Morgan fingerprint density at radius 1 is 1.44 bits per heavy atom. The van der Waals surface area contributed by atoms with Gasteiger partial charge in [-0.1, -0.05) is 18.5 Å². The van der Waals surface area contributed by atoms with Crippen LogP contribution in [0.4, 0.5) is 0 Å². The van der Waals surface area contributed by atoms with Gasteiger partial charge in [0, 0.05) is 16.3 Å². The van der Waals surface area contributed by atoms with E-state index < -0.39 is 0 Å². The highest BCUT2D eigenvalue weighted by Crippen LogP contribution is 2.25. The first-order valence-electron chi connectivity index (χ1n) is 6.05. The van der Waals surface area contributed by atoms with Gasteiger partial charge in [-0.15, -0.1) is 0 Å². The molecule has 4 heteroatoms. The lowest BCUT2D eigenvalue weighted by Crippen LogP contribution is -2.12. The molecule has 0 fully saturated rings. The zero-order valence-electron chi connectivity index (χ0n) is 10.3. The third-order valence-electron chi connectivity index (χ3n) is 3.01. The number of carbonyl (C=O) groups is 1. The van der Waals surface area contributed by atoms with Crippen LogP contribution in [0, 0.1) is 5.92 Å². The van der Waals surface area contributed by atoms with E-state index in [9.17, 15) is 4.79 Å². The van der Waals surface area contributed by atoms with E-state index in [4.69, 9.17) is 21.8 Å². The molecule has 0 aliphatic heterocycles. The van der Waals surface area contributed by atoms with Gasteiger partial charge in [-0.2, -0.15) is 0 Å². The van der Waals surface area contributed by atoms with Crippen molar-refractivity contribution >= 4 is 28.4 Å². The summed E-state index contributed by atoms with van der Waals surface area (Å²) >= 11 is 5.90. The van der Waals surface area contributed by atoms with Gasteiger partial charge in [-0.25, -0.2) is 0 Å². The van der Waals surface area contributed by atoms with E-state index >= 15 is 0 Å². The molecule has 2 N–H and O–H groups in total. The standard InChI is InChI=1S/C14H16ClNO2/c1-9(3-2-6-16)14(17)13-8-10-7-11(15)4-5-12(10)18-13/h4-5,7-9H,2-3,6,16H2,1H3. The van der Waals surface area contributed by atoms with Crippen LogP contribution in [-0.4, -0.2) is 12.3 Å². The second kappa shape index (κ2) is 5.55. The van der Waals surface area contributed by atoms with E-state index in [1.165, 1.54) is 0 Å². The Morgan fingerprint density at radius 3 is 2.94 bits per heavy atom. The minimum atomic E-state index is -0.0652. The number of fused-ring (bicyclic) bond motifs is 1. The maximum atomic E-state index is 12.1. The Hall–Kier alpha value is -1.32.